The van der Waals surface area contributed by atoms with Crippen LogP contribution in [-0.2, 0) is 10.7 Å². The van der Waals surface area contributed by atoms with E-state index >= 15 is 0 Å². The Morgan fingerprint density at radius 2 is 1.80 bits per heavy atom. The fraction of sp³-hybridized carbons (Fsp3) is 0.400. The fourth-order valence-corrected chi connectivity index (χ4v) is 2.07. The molecule has 4 nitrogen and oxygen atoms in total. The van der Waals surface area contributed by atoms with Gasteiger partial charge >= 0.3 is 0 Å². The van der Waals surface area contributed by atoms with Crippen molar-refractivity contribution < 1.29 is 13.2 Å². The van der Waals surface area contributed by atoms with Gasteiger partial charge in [0.2, 0.25) is 0 Å². The van der Waals surface area contributed by atoms with Crippen LogP contribution in [0.15, 0.2) is 23.1 Å². The molecule has 1 aromatic rings. The zero-order valence-electron chi connectivity index (χ0n) is 9.35. The molecule has 0 atom stereocenters. The largest absolute Gasteiger partial charge is 0.497 e. The third-order valence-corrected chi connectivity index (χ3v) is 2.87. The molecule has 0 amide bonds. The van der Waals surface area contributed by atoms with Crippen molar-refractivity contribution in [2.45, 2.75) is 4.90 Å². The van der Waals surface area contributed by atoms with E-state index in [4.69, 9.17) is 4.74 Å². The van der Waals surface area contributed by atoms with Gasteiger partial charge in [0.25, 0.3) is 0 Å². The van der Waals surface area contributed by atoms with Crippen LogP contribution in [0.3, 0.4) is 0 Å². The van der Waals surface area contributed by atoms with Crippen molar-refractivity contribution in [2.24, 2.45) is 0 Å². The van der Waals surface area contributed by atoms with Crippen LogP contribution in [0.25, 0.3) is 0 Å². The topological polar surface area (TPSA) is 43.4 Å². The molecule has 0 aromatic heterocycles. The van der Waals surface area contributed by atoms with E-state index in [1.54, 1.807) is 25.3 Å². The number of benzene rings is 1. The first kappa shape index (κ1) is 12.0. The summed E-state index contributed by atoms with van der Waals surface area (Å²) in [4.78, 5) is 0.346. The third-order valence-electron chi connectivity index (χ3n) is 2.10. The van der Waals surface area contributed by atoms with Gasteiger partial charge in [0.05, 0.1) is 28.3 Å². The molecular formula is C10H16NO3S+. The van der Waals surface area contributed by atoms with Crippen LogP contribution in [0.4, 0.5) is 5.69 Å². The van der Waals surface area contributed by atoms with Crippen LogP contribution in [0.2, 0.25) is 0 Å². The molecule has 0 bridgehead atoms. The predicted molar refractivity (Wildman–Crippen MR) is 61.1 cm³/mol. The molecule has 0 spiro atoms. The molecule has 0 heterocycles. The summed E-state index contributed by atoms with van der Waals surface area (Å²) in [6, 6.07) is 4.98. The van der Waals surface area contributed by atoms with Gasteiger partial charge in [-0.25, -0.2) is 8.42 Å². The van der Waals surface area contributed by atoms with Gasteiger partial charge in [-0.05, 0) is 12.1 Å². The molecule has 5 heteroatoms. The molecule has 0 unspecified atom stereocenters. The molecule has 0 N–H and O–H groups in total. The monoisotopic (exact) mass is 230 g/mol. The van der Waals surface area contributed by atoms with E-state index in [9.17, 15) is 8.42 Å². The molecular weight excluding hydrogens is 214 g/mol. The smallest absolute Gasteiger partial charge is 0.174 e. The number of methoxy groups -OCH3 is 1. The molecule has 0 saturated heterocycles. The summed E-state index contributed by atoms with van der Waals surface area (Å²) < 4.78 is 27.6. The predicted octanol–water partition coefficient (Wildman–Crippen LogP) is 0.862. The Balaban J connectivity index is 3.42. The second kappa shape index (κ2) is 4.20. The van der Waals surface area contributed by atoms with Gasteiger partial charge in [-0.3, -0.25) is 4.48 Å². The van der Waals surface area contributed by atoms with Crippen LogP contribution in [0.5, 0.6) is 5.75 Å². The summed E-state index contributed by atoms with van der Waals surface area (Å²) in [5.41, 5.74) is 0.727. The van der Waals surface area contributed by atoms with Crippen molar-refractivity contribution >= 4 is 16.4 Å². The minimum atomic E-state index is -2.57. The van der Waals surface area contributed by atoms with Crippen LogP contribution < -0.4 is 9.22 Å². The maximum atomic E-state index is 11.1. The lowest BCUT2D eigenvalue weighted by Gasteiger charge is -2.24. The van der Waals surface area contributed by atoms with Gasteiger partial charge in [-0.2, -0.15) is 0 Å². The van der Waals surface area contributed by atoms with E-state index in [1.165, 1.54) is 0 Å². The van der Waals surface area contributed by atoms with E-state index in [2.05, 4.69) is 0 Å². The Labute approximate surface area is 91.6 Å². The number of quaternary nitrogens is 1. The van der Waals surface area contributed by atoms with Crippen molar-refractivity contribution in [3.8, 4) is 5.75 Å². The number of hydrogen-bond acceptors (Lipinski definition) is 3. The number of nitrogens with zero attached hydrogens (tertiary/aromatic N) is 1. The highest BCUT2D eigenvalue weighted by molar-refractivity contribution is 7.72. The second-order valence-corrected chi connectivity index (χ2v) is 5.12. The molecule has 15 heavy (non-hydrogen) atoms. The van der Waals surface area contributed by atoms with Crippen molar-refractivity contribution in [1.82, 2.24) is 4.48 Å². The van der Waals surface area contributed by atoms with E-state index < -0.39 is 10.7 Å². The standard InChI is InChI=1S/C10H16NO3S/c1-11(2,3)9-7-8(14-4)5-6-10(9)15(12)13/h5-7,15H,1-4H3/q+1. The molecule has 84 valence electrons. The first-order chi connectivity index (χ1) is 6.86. The lowest BCUT2D eigenvalue weighted by molar-refractivity contribution is 0.409. The maximum Gasteiger partial charge on any atom is 0.174 e. The Morgan fingerprint density at radius 3 is 2.20 bits per heavy atom. The van der Waals surface area contributed by atoms with Crippen molar-refractivity contribution in [3.63, 3.8) is 0 Å². The normalized spacial score (nSPS) is 11.8. The third kappa shape index (κ3) is 2.70. The van der Waals surface area contributed by atoms with Crippen LogP contribution in [-0.4, -0.2) is 36.7 Å². The highest BCUT2D eigenvalue weighted by Gasteiger charge is 2.20. The zero-order chi connectivity index (χ0) is 11.6. The summed E-state index contributed by atoms with van der Waals surface area (Å²) in [7, 11) is 4.73. The SMILES string of the molecule is COc1ccc([SH](=O)=O)c([N+](C)(C)C)c1. The summed E-state index contributed by atoms with van der Waals surface area (Å²) in [6.07, 6.45) is 0. The minimum absolute atomic E-state index is 0.346. The summed E-state index contributed by atoms with van der Waals surface area (Å²) in [6.45, 7) is 0. The number of hydrogen-bond donors (Lipinski definition) is 1. The van der Waals surface area contributed by atoms with Gasteiger partial charge in [-0.15, -0.1) is 0 Å². The summed E-state index contributed by atoms with van der Waals surface area (Å²) in [5, 5.41) is 0. The number of rotatable bonds is 3. The fourth-order valence-electron chi connectivity index (χ4n) is 1.32. The average Bonchev–Trinajstić information content (AvgIpc) is 2.15. The van der Waals surface area contributed by atoms with Crippen molar-refractivity contribution in [2.75, 3.05) is 28.3 Å². The van der Waals surface area contributed by atoms with E-state index in [-0.39, 0.29) is 0 Å². The van der Waals surface area contributed by atoms with E-state index in [0.717, 1.165) is 5.69 Å². The Kier molecular flexibility index (Phi) is 3.36. The molecule has 0 aliphatic carbocycles. The van der Waals surface area contributed by atoms with Gasteiger partial charge in [-0.1, -0.05) is 0 Å². The van der Waals surface area contributed by atoms with Gasteiger partial charge < -0.3 is 4.74 Å². The molecule has 0 fully saturated rings. The zero-order valence-corrected chi connectivity index (χ0v) is 10.2. The first-order valence-electron chi connectivity index (χ1n) is 4.50. The molecule has 1 aromatic carbocycles. The molecule has 0 aliphatic rings. The average molecular weight is 230 g/mol. The lowest BCUT2D eigenvalue weighted by Crippen LogP contribution is -2.35. The highest BCUT2D eigenvalue weighted by atomic mass is 32.2. The number of ether oxygens (including phenoxy) is 1. The number of thiol groups is 1. The summed E-state index contributed by atoms with van der Waals surface area (Å²) >= 11 is 0. The van der Waals surface area contributed by atoms with Crippen LogP contribution in [0, 0.1) is 0 Å². The minimum Gasteiger partial charge on any atom is -0.497 e. The molecule has 0 aliphatic heterocycles. The second-order valence-electron chi connectivity index (χ2n) is 4.12. The Hall–Kier alpha value is -1.07. The molecule has 0 radical (unpaired) electrons. The molecule has 0 saturated carbocycles. The van der Waals surface area contributed by atoms with Crippen molar-refractivity contribution in [3.05, 3.63) is 18.2 Å². The maximum absolute atomic E-state index is 11.1. The lowest BCUT2D eigenvalue weighted by atomic mass is 10.2. The van der Waals surface area contributed by atoms with Gasteiger partial charge in [0.1, 0.15) is 10.6 Å². The Morgan fingerprint density at radius 1 is 1.20 bits per heavy atom. The molecule has 1 rings (SSSR count). The van der Waals surface area contributed by atoms with E-state index in [1.807, 2.05) is 21.1 Å². The van der Waals surface area contributed by atoms with Gasteiger partial charge in [0.15, 0.2) is 16.4 Å². The van der Waals surface area contributed by atoms with Crippen LogP contribution in [0.1, 0.15) is 0 Å². The Bertz CT molecular complexity index is 425. The quantitative estimate of drug-likeness (QED) is 0.619. The van der Waals surface area contributed by atoms with E-state index in [0.29, 0.717) is 15.1 Å². The van der Waals surface area contributed by atoms with Gasteiger partial charge in [0, 0.05) is 6.07 Å². The highest BCUT2D eigenvalue weighted by Crippen LogP contribution is 2.28. The summed E-state index contributed by atoms with van der Waals surface area (Å²) in [5.74, 6) is 0.665. The van der Waals surface area contributed by atoms with Crippen molar-refractivity contribution in [1.29, 1.82) is 0 Å². The van der Waals surface area contributed by atoms with Crippen LogP contribution >= 0.6 is 0 Å². The first-order valence-corrected chi connectivity index (χ1v) is 5.68.